The molecule has 4 rings (SSSR count). The first-order valence-electron chi connectivity index (χ1n) is 16.3. The number of carbonyl (C=O) groups excluding carboxylic acids is 1. The summed E-state index contributed by atoms with van der Waals surface area (Å²) < 4.78 is 102. The zero-order valence-corrected chi connectivity index (χ0v) is 27.2. The fourth-order valence-electron chi connectivity index (χ4n) is 5.22. The van der Waals surface area contributed by atoms with Gasteiger partial charge < -0.3 is 14.2 Å². The fraction of sp³-hybridized carbons (Fsp3) is 0.308. The second-order valence-corrected chi connectivity index (χ2v) is 11.5. The summed E-state index contributed by atoms with van der Waals surface area (Å²) in [6, 6.07) is 13.1. The minimum atomic E-state index is -1.60. The normalized spacial score (nSPS) is 11.0. The van der Waals surface area contributed by atoms with Crippen molar-refractivity contribution >= 4 is 5.97 Å². The molecule has 49 heavy (non-hydrogen) atoms. The van der Waals surface area contributed by atoms with Crippen LogP contribution in [0.4, 0.5) is 26.3 Å². The third-order valence-corrected chi connectivity index (χ3v) is 7.85. The maximum atomic E-state index is 14.3. The Morgan fingerprint density at radius 2 is 0.980 bits per heavy atom. The van der Waals surface area contributed by atoms with Crippen molar-refractivity contribution in [2.75, 3.05) is 19.8 Å². The monoisotopic (exact) mass is 684 g/mol. The molecule has 0 aliphatic heterocycles. The van der Waals surface area contributed by atoms with Crippen LogP contribution in [-0.4, -0.2) is 25.8 Å². The standard InChI is InChI=1S/C39H38F6O4/c1-3-5-6-7-8-9-16-47-35-14-12-25(27-21-31(40)38(44)32(41)22-27)19-29(35)30-20-26(28-23-33(42)39(45)34(43)24-28)13-15-36(30)48-17-10-11-18-49-37(46)4-2/h4,12-15,19-24H,2-3,5-11,16-18H2,1H3. The number of hydrogen-bond donors (Lipinski definition) is 0. The van der Waals surface area contributed by atoms with Gasteiger partial charge >= 0.3 is 5.97 Å². The number of rotatable bonds is 18. The Morgan fingerprint density at radius 3 is 1.43 bits per heavy atom. The Kier molecular flexibility index (Phi) is 13.7. The Labute approximate surface area is 282 Å². The summed E-state index contributed by atoms with van der Waals surface area (Å²) >= 11 is 0. The van der Waals surface area contributed by atoms with E-state index in [0.717, 1.165) is 68.9 Å². The maximum absolute atomic E-state index is 14.3. The van der Waals surface area contributed by atoms with Crippen molar-refractivity contribution in [3.8, 4) is 44.9 Å². The van der Waals surface area contributed by atoms with Crippen molar-refractivity contribution < 1.29 is 45.3 Å². The van der Waals surface area contributed by atoms with Crippen molar-refractivity contribution in [1.29, 1.82) is 0 Å². The average Bonchev–Trinajstić information content (AvgIpc) is 3.10. The molecule has 0 atom stereocenters. The van der Waals surface area contributed by atoms with Crippen LogP contribution in [0.1, 0.15) is 58.3 Å². The van der Waals surface area contributed by atoms with Crippen molar-refractivity contribution in [3.05, 3.63) is 108 Å². The highest BCUT2D eigenvalue weighted by molar-refractivity contribution is 5.84. The molecule has 10 heteroatoms. The van der Waals surface area contributed by atoms with E-state index in [1.807, 2.05) is 0 Å². The second-order valence-electron chi connectivity index (χ2n) is 11.5. The predicted molar refractivity (Wildman–Crippen MR) is 177 cm³/mol. The number of halogens is 6. The van der Waals surface area contributed by atoms with E-state index in [4.69, 9.17) is 14.2 Å². The van der Waals surface area contributed by atoms with E-state index in [0.29, 0.717) is 53.2 Å². The minimum Gasteiger partial charge on any atom is -0.493 e. The van der Waals surface area contributed by atoms with Crippen LogP contribution in [0.3, 0.4) is 0 Å². The lowest BCUT2D eigenvalue weighted by molar-refractivity contribution is -0.137. The van der Waals surface area contributed by atoms with E-state index in [9.17, 15) is 31.1 Å². The Bertz CT molecular complexity index is 1710. The first-order chi connectivity index (χ1) is 23.6. The van der Waals surface area contributed by atoms with Gasteiger partial charge in [0.15, 0.2) is 34.9 Å². The van der Waals surface area contributed by atoms with Crippen LogP contribution >= 0.6 is 0 Å². The number of unbranched alkanes of at least 4 members (excludes halogenated alkanes) is 6. The second kappa shape index (κ2) is 18.1. The molecular weight excluding hydrogens is 646 g/mol. The molecule has 0 unspecified atom stereocenters. The van der Waals surface area contributed by atoms with Crippen molar-refractivity contribution in [2.45, 2.75) is 58.3 Å². The van der Waals surface area contributed by atoms with Crippen LogP contribution in [0.5, 0.6) is 11.5 Å². The van der Waals surface area contributed by atoms with Crippen LogP contribution in [0.25, 0.3) is 33.4 Å². The van der Waals surface area contributed by atoms with Crippen LogP contribution in [-0.2, 0) is 9.53 Å². The van der Waals surface area contributed by atoms with Gasteiger partial charge in [0.25, 0.3) is 0 Å². The number of benzene rings is 4. The van der Waals surface area contributed by atoms with Gasteiger partial charge in [0.05, 0.1) is 19.8 Å². The smallest absolute Gasteiger partial charge is 0.330 e. The molecule has 0 heterocycles. The van der Waals surface area contributed by atoms with Crippen LogP contribution < -0.4 is 9.47 Å². The molecule has 0 radical (unpaired) electrons. The van der Waals surface area contributed by atoms with E-state index in [1.165, 1.54) is 0 Å². The molecule has 0 amide bonds. The number of ether oxygens (including phenoxy) is 3. The minimum absolute atomic E-state index is 0.0570. The highest BCUT2D eigenvalue weighted by Gasteiger charge is 2.19. The van der Waals surface area contributed by atoms with E-state index in [-0.39, 0.29) is 24.3 Å². The third kappa shape index (κ3) is 10.1. The predicted octanol–water partition coefficient (Wildman–Crippen LogP) is 11.1. The number of hydrogen-bond acceptors (Lipinski definition) is 4. The molecular formula is C39H38F6O4. The van der Waals surface area contributed by atoms with Crippen LogP contribution in [0.2, 0.25) is 0 Å². The summed E-state index contributed by atoms with van der Waals surface area (Å²) in [6.07, 6.45) is 8.23. The number of carbonyl (C=O) groups is 1. The fourth-order valence-corrected chi connectivity index (χ4v) is 5.22. The van der Waals surface area contributed by atoms with E-state index >= 15 is 0 Å². The molecule has 0 spiro atoms. The van der Waals surface area contributed by atoms with Crippen molar-refractivity contribution in [3.63, 3.8) is 0 Å². The first kappa shape index (κ1) is 37.1. The summed E-state index contributed by atoms with van der Waals surface area (Å²) in [5.74, 6) is -8.43. The highest BCUT2D eigenvalue weighted by Crippen LogP contribution is 2.42. The molecule has 4 aromatic rings. The molecule has 0 saturated carbocycles. The first-order valence-corrected chi connectivity index (χ1v) is 16.3. The lowest BCUT2D eigenvalue weighted by Crippen LogP contribution is -2.05. The summed E-state index contributed by atoms with van der Waals surface area (Å²) in [5, 5.41) is 0. The molecule has 0 aliphatic carbocycles. The third-order valence-electron chi connectivity index (χ3n) is 7.85. The molecule has 0 N–H and O–H groups in total. The maximum Gasteiger partial charge on any atom is 0.330 e. The van der Waals surface area contributed by atoms with Gasteiger partial charge in [-0.25, -0.2) is 31.1 Å². The zero-order chi connectivity index (χ0) is 35.3. The van der Waals surface area contributed by atoms with Crippen molar-refractivity contribution in [1.82, 2.24) is 0 Å². The summed E-state index contributed by atoms with van der Waals surface area (Å²) in [4.78, 5) is 11.3. The topological polar surface area (TPSA) is 44.8 Å². The molecule has 4 aromatic carbocycles. The van der Waals surface area contributed by atoms with Crippen molar-refractivity contribution in [2.24, 2.45) is 0 Å². The Morgan fingerprint density at radius 1 is 0.571 bits per heavy atom. The largest absolute Gasteiger partial charge is 0.493 e. The molecule has 0 fully saturated rings. The zero-order valence-electron chi connectivity index (χ0n) is 27.2. The molecule has 0 bridgehead atoms. The number of esters is 1. The summed E-state index contributed by atoms with van der Waals surface area (Å²) in [5.41, 5.74) is 1.61. The molecule has 0 aromatic heterocycles. The van der Waals surface area contributed by atoms with Gasteiger partial charge in [-0.2, -0.15) is 0 Å². The van der Waals surface area contributed by atoms with Gasteiger partial charge in [0.1, 0.15) is 11.5 Å². The molecule has 260 valence electrons. The van der Waals surface area contributed by atoms with Gasteiger partial charge in [-0.3, -0.25) is 0 Å². The van der Waals surface area contributed by atoms with E-state index in [1.54, 1.807) is 36.4 Å². The van der Waals surface area contributed by atoms with E-state index < -0.39 is 40.9 Å². The lowest BCUT2D eigenvalue weighted by Gasteiger charge is -2.18. The Hall–Kier alpha value is -4.73. The van der Waals surface area contributed by atoms with Crippen LogP contribution in [0, 0.1) is 34.9 Å². The van der Waals surface area contributed by atoms with Gasteiger partial charge in [-0.15, -0.1) is 0 Å². The molecule has 0 aliphatic rings. The Balaban J connectivity index is 1.75. The molecule has 4 nitrogen and oxygen atoms in total. The highest BCUT2D eigenvalue weighted by atomic mass is 19.2. The van der Waals surface area contributed by atoms with E-state index in [2.05, 4.69) is 13.5 Å². The van der Waals surface area contributed by atoms with Gasteiger partial charge in [0, 0.05) is 17.2 Å². The average molecular weight is 685 g/mol. The van der Waals surface area contributed by atoms with Gasteiger partial charge in [-0.05, 0) is 90.0 Å². The lowest BCUT2D eigenvalue weighted by atomic mass is 9.94. The summed E-state index contributed by atoms with van der Waals surface area (Å²) in [7, 11) is 0. The quantitative estimate of drug-likeness (QED) is 0.0344. The van der Waals surface area contributed by atoms with Gasteiger partial charge in [0.2, 0.25) is 0 Å². The van der Waals surface area contributed by atoms with Gasteiger partial charge in [-0.1, -0.05) is 57.7 Å². The molecule has 0 saturated heterocycles. The summed E-state index contributed by atoms with van der Waals surface area (Å²) in [6.45, 7) is 6.21. The SMILES string of the molecule is C=CC(=O)OCCCCOc1ccc(-c2cc(F)c(F)c(F)c2)cc1-c1cc(-c2cc(F)c(F)c(F)c2)ccc1OCCCCCCCC. The van der Waals surface area contributed by atoms with Crippen LogP contribution in [0.15, 0.2) is 73.3 Å².